The predicted molar refractivity (Wildman–Crippen MR) is 177 cm³/mol. The van der Waals surface area contributed by atoms with Gasteiger partial charge in [-0.15, -0.1) is 0 Å². The van der Waals surface area contributed by atoms with E-state index in [0.717, 1.165) is 28.7 Å². The molecule has 3 aromatic rings. The van der Waals surface area contributed by atoms with E-state index >= 15 is 0 Å². The van der Waals surface area contributed by atoms with Crippen molar-refractivity contribution in [1.82, 2.24) is 19.0 Å². The zero-order valence-corrected chi connectivity index (χ0v) is 27.9. The normalized spacial score (nSPS) is 22.3. The monoisotopic (exact) mass is 668 g/mol. The number of rotatable bonds is 8. The SMILES string of the molecule is Cc1cc(C)cc(C(=O)N2CCN(C(=O)CCN3CC4CC3CN4S(=O)(=O)Cc3ccccc3)C(c3ccc(Cl)c(Cl)c3)C2)c1. The van der Waals surface area contributed by atoms with E-state index in [-0.39, 0.29) is 35.7 Å². The van der Waals surface area contributed by atoms with Gasteiger partial charge in [0.05, 0.1) is 21.8 Å². The summed E-state index contributed by atoms with van der Waals surface area (Å²) in [7, 11) is -3.42. The van der Waals surface area contributed by atoms with Crippen LogP contribution in [0.1, 0.15) is 51.5 Å². The summed E-state index contributed by atoms with van der Waals surface area (Å²) in [6, 6.07) is 20.2. The number of sulfonamides is 1. The lowest BCUT2D eigenvalue weighted by Gasteiger charge is -2.42. The van der Waals surface area contributed by atoms with Gasteiger partial charge < -0.3 is 9.80 Å². The van der Waals surface area contributed by atoms with E-state index in [1.54, 1.807) is 16.4 Å². The third kappa shape index (κ3) is 6.93. The van der Waals surface area contributed by atoms with Crippen LogP contribution in [0.3, 0.4) is 0 Å². The van der Waals surface area contributed by atoms with Crippen molar-refractivity contribution in [2.75, 3.05) is 39.3 Å². The topological polar surface area (TPSA) is 81.2 Å². The molecule has 3 heterocycles. The van der Waals surface area contributed by atoms with Gasteiger partial charge in [0.2, 0.25) is 15.9 Å². The van der Waals surface area contributed by atoms with E-state index in [2.05, 4.69) is 4.90 Å². The highest BCUT2D eigenvalue weighted by Gasteiger charge is 2.48. The molecule has 0 aromatic heterocycles. The number of aryl methyl sites for hydroxylation is 2. The lowest BCUT2D eigenvalue weighted by atomic mass is 10.00. The lowest BCUT2D eigenvalue weighted by Crippen LogP contribution is -2.53. The summed E-state index contributed by atoms with van der Waals surface area (Å²) in [6.45, 7) is 6.77. The van der Waals surface area contributed by atoms with Gasteiger partial charge in [-0.2, -0.15) is 4.31 Å². The van der Waals surface area contributed by atoms with E-state index < -0.39 is 10.0 Å². The number of likely N-dealkylation sites (tertiary alicyclic amines) is 1. The minimum Gasteiger partial charge on any atom is -0.334 e. The highest BCUT2D eigenvalue weighted by Crippen LogP contribution is 2.35. The van der Waals surface area contributed by atoms with E-state index in [1.807, 2.05) is 78.2 Å². The highest BCUT2D eigenvalue weighted by molar-refractivity contribution is 7.88. The first-order chi connectivity index (χ1) is 21.5. The molecule has 0 N–H and O–H groups in total. The van der Waals surface area contributed by atoms with Gasteiger partial charge in [0.1, 0.15) is 0 Å². The van der Waals surface area contributed by atoms with Gasteiger partial charge in [0, 0.05) is 63.3 Å². The molecular weight excluding hydrogens is 631 g/mol. The molecule has 238 valence electrons. The van der Waals surface area contributed by atoms with Crippen molar-refractivity contribution in [3.8, 4) is 0 Å². The van der Waals surface area contributed by atoms with E-state index in [9.17, 15) is 18.0 Å². The highest BCUT2D eigenvalue weighted by atomic mass is 35.5. The fourth-order valence-electron chi connectivity index (χ4n) is 7.13. The molecule has 3 saturated heterocycles. The zero-order valence-electron chi connectivity index (χ0n) is 25.5. The maximum absolute atomic E-state index is 13.8. The third-order valence-electron chi connectivity index (χ3n) is 9.25. The van der Waals surface area contributed by atoms with Crippen molar-refractivity contribution >= 4 is 45.0 Å². The van der Waals surface area contributed by atoms with Crippen LogP contribution in [0.5, 0.6) is 0 Å². The first kappa shape index (κ1) is 32.0. The number of hydrogen-bond acceptors (Lipinski definition) is 5. The average Bonchev–Trinajstić information content (AvgIpc) is 3.62. The molecule has 2 bridgehead atoms. The Balaban J connectivity index is 1.11. The summed E-state index contributed by atoms with van der Waals surface area (Å²) in [6.07, 6.45) is 1.09. The summed E-state index contributed by atoms with van der Waals surface area (Å²) in [5.74, 6) is -0.0522. The number of carbonyl (C=O) groups is 2. The van der Waals surface area contributed by atoms with Gasteiger partial charge in [0.15, 0.2) is 0 Å². The number of benzene rings is 3. The molecule has 3 aliphatic rings. The summed E-state index contributed by atoms with van der Waals surface area (Å²) in [5.41, 5.74) is 4.32. The van der Waals surface area contributed by atoms with Crippen molar-refractivity contribution in [3.63, 3.8) is 0 Å². The molecule has 6 rings (SSSR count). The van der Waals surface area contributed by atoms with Crippen LogP contribution in [0.2, 0.25) is 10.0 Å². The van der Waals surface area contributed by atoms with Crippen molar-refractivity contribution in [2.45, 2.75) is 50.6 Å². The second-order valence-electron chi connectivity index (χ2n) is 12.5. The van der Waals surface area contributed by atoms with Crippen LogP contribution in [-0.4, -0.2) is 90.6 Å². The third-order valence-corrected chi connectivity index (χ3v) is 11.8. The van der Waals surface area contributed by atoms with Crippen molar-refractivity contribution in [2.24, 2.45) is 0 Å². The smallest absolute Gasteiger partial charge is 0.254 e. The molecular formula is C34H38Cl2N4O4S. The Morgan fingerprint density at radius 2 is 1.58 bits per heavy atom. The van der Waals surface area contributed by atoms with Crippen LogP contribution in [0.25, 0.3) is 0 Å². The van der Waals surface area contributed by atoms with E-state index in [4.69, 9.17) is 23.2 Å². The van der Waals surface area contributed by atoms with Crippen LogP contribution >= 0.6 is 23.2 Å². The zero-order chi connectivity index (χ0) is 31.9. The Labute approximate surface area is 275 Å². The average molecular weight is 670 g/mol. The van der Waals surface area contributed by atoms with Gasteiger partial charge in [-0.1, -0.05) is 76.8 Å². The Kier molecular flexibility index (Phi) is 9.28. The van der Waals surface area contributed by atoms with Gasteiger partial charge in [-0.05, 0) is 55.7 Å². The largest absolute Gasteiger partial charge is 0.334 e. The summed E-state index contributed by atoms with van der Waals surface area (Å²) in [5, 5.41) is 0.834. The Morgan fingerprint density at radius 1 is 0.844 bits per heavy atom. The lowest BCUT2D eigenvalue weighted by molar-refractivity contribution is -0.136. The number of nitrogens with zero attached hydrogens (tertiary/aromatic N) is 4. The fourth-order valence-corrected chi connectivity index (χ4v) is 9.22. The molecule has 0 spiro atoms. The maximum atomic E-state index is 13.8. The Bertz CT molecular complexity index is 1680. The minimum atomic E-state index is -3.42. The van der Waals surface area contributed by atoms with Gasteiger partial charge >= 0.3 is 0 Å². The van der Waals surface area contributed by atoms with Crippen molar-refractivity contribution in [3.05, 3.63) is 105 Å². The van der Waals surface area contributed by atoms with E-state index in [1.165, 1.54) is 0 Å². The van der Waals surface area contributed by atoms with Crippen LogP contribution < -0.4 is 0 Å². The summed E-state index contributed by atoms with van der Waals surface area (Å²) in [4.78, 5) is 33.3. The predicted octanol–water partition coefficient (Wildman–Crippen LogP) is 5.31. The number of halogens is 2. The van der Waals surface area contributed by atoms with Crippen molar-refractivity contribution < 1.29 is 18.0 Å². The molecule has 3 unspecified atom stereocenters. The fraction of sp³-hybridized carbons (Fsp3) is 0.412. The second kappa shape index (κ2) is 13.0. The molecule has 3 atom stereocenters. The van der Waals surface area contributed by atoms with Gasteiger partial charge in [-0.3, -0.25) is 14.5 Å². The van der Waals surface area contributed by atoms with Crippen molar-refractivity contribution in [1.29, 1.82) is 0 Å². The Morgan fingerprint density at radius 3 is 2.24 bits per heavy atom. The van der Waals surface area contributed by atoms with Gasteiger partial charge in [-0.25, -0.2) is 8.42 Å². The standard InChI is InChI=1S/C34H38Cl2N4O4S/c1-23-14-24(2)16-27(15-23)34(42)38-12-13-39(32(21-38)26-8-9-30(35)31(36)17-26)33(41)10-11-37-19-29-18-28(37)20-40(29)45(43,44)22-25-6-4-3-5-7-25/h3-9,14-17,28-29,32H,10-13,18-22H2,1-2H3. The number of carbonyl (C=O) groups excluding carboxylic acids is 2. The second-order valence-corrected chi connectivity index (χ2v) is 15.2. The molecule has 0 radical (unpaired) electrons. The first-order valence-corrected chi connectivity index (χ1v) is 17.7. The molecule has 8 nitrogen and oxygen atoms in total. The van der Waals surface area contributed by atoms with Crippen LogP contribution in [0.15, 0.2) is 66.7 Å². The Hall–Kier alpha value is -2.95. The molecule has 3 fully saturated rings. The molecule has 11 heteroatoms. The number of fused-ring (bicyclic) bond motifs is 2. The number of piperazine rings is 2. The van der Waals surface area contributed by atoms with Crippen LogP contribution in [0.4, 0.5) is 0 Å². The van der Waals surface area contributed by atoms with Crippen LogP contribution in [-0.2, 0) is 20.6 Å². The molecule has 2 amide bonds. The minimum absolute atomic E-state index is 0.000833. The number of amides is 2. The quantitative estimate of drug-likeness (QED) is 0.325. The van der Waals surface area contributed by atoms with Gasteiger partial charge in [0.25, 0.3) is 5.91 Å². The molecule has 3 aliphatic heterocycles. The molecule has 45 heavy (non-hydrogen) atoms. The van der Waals surface area contributed by atoms with E-state index in [0.29, 0.717) is 61.3 Å². The summed E-state index contributed by atoms with van der Waals surface area (Å²) >= 11 is 12.6. The molecule has 0 saturated carbocycles. The molecule has 3 aromatic carbocycles. The summed E-state index contributed by atoms with van der Waals surface area (Å²) < 4.78 is 28.0. The maximum Gasteiger partial charge on any atom is 0.254 e. The van der Waals surface area contributed by atoms with Crippen LogP contribution in [0, 0.1) is 13.8 Å². The first-order valence-electron chi connectivity index (χ1n) is 15.4. The molecule has 0 aliphatic carbocycles. The number of hydrogen-bond donors (Lipinski definition) is 0.